The molecule has 0 amide bonds. The topological polar surface area (TPSA) is 16.4 Å². The lowest BCUT2D eigenvalue weighted by Crippen LogP contribution is -2.11. The van der Waals surface area contributed by atoms with Gasteiger partial charge in [0.25, 0.3) is 0 Å². The third kappa shape index (κ3) is 6.20. The highest BCUT2D eigenvalue weighted by molar-refractivity contribution is 6.15. The molecule has 12 rings (SSSR count). The molecule has 0 aliphatic carbocycles. The lowest BCUT2D eigenvalue weighted by atomic mass is 9.95. The number of fused-ring (bicyclic) bond motifs is 7. The smallest absolute Gasteiger partial charge is 0.143 e. The highest BCUT2D eigenvalue weighted by Gasteiger charge is 2.20. The third-order valence-electron chi connectivity index (χ3n) is 12.4. The Hall–Kier alpha value is -8.20. The number of furan rings is 1. The molecular formula is C60H39NO. The van der Waals surface area contributed by atoms with Crippen molar-refractivity contribution in [2.24, 2.45) is 0 Å². The van der Waals surface area contributed by atoms with Crippen molar-refractivity contribution in [2.75, 3.05) is 4.90 Å². The van der Waals surface area contributed by atoms with Crippen LogP contribution in [0.2, 0.25) is 0 Å². The summed E-state index contributed by atoms with van der Waals surface area (Å²) in [6.07, 6.45) is 0. The number of rotatable bonds is 7. The maximum absolute atomic E-state index is 6.54. The number of benzene rings is 11. The van der Waals surface area contributed by atoms with E-state index in [-0.39, 0.29) is 0 Å². The first-order valence-corrected chi connectivity index (χ1v) is 21.2. The quantitative estimate of drug-likeness (QED) is 0.160. The van der Waals surface area contributed by atoms with E-state index in [9.17, 15) is 0 Å². The number of para-hydroxylation sites is 1. The fraction of sp³-hybridized carbons (Fsp3) is 0. The van der Waals surface area contributed by atoms with Gasteiger partial charge in [-0.2, -0.15) is 0 Å². The van der Waals surface area contributed by atoms with Crippen LogP contribution >= 0.6 is 0 Å². The van der Waals surface area contributed by atoms with Gasteiger partial charge >= 0.3 is 0 Å². The zero-order valence-corrected chi connectivity index (χ0v) is 33.9. The maximum atomic E-state index is 6.54. The lowest BCUT2D eigenvalue weighted by Gasteiger charge is -2.28. The van der Waals surface area contributed by atoms with Gasteiger partial charge in [0.15, 0.2) is 0 Å². The molecule has 0 aliphatic rings. The number of hydrogen-bond donors (Lipinski definition) is 0. The summed E-state index contributed by atoms with van der Waals surface area (Å²) < 4.78 is 6.54. The van der Waals surface area contributed by atoms with Crippen LogP contribution in [0.15, 0.2) is 241 Å². The second-order valence-electron chi connectivity index (χ2n) is 16.1. The zero-order chi connectivity index (χ0) is 41.0. The van der Waals surface area contributed by atoms with Crippen LogP contribution in [0.3, 0.4) is 0 Å². The van der Waals surface area contributed by atoms with Gasteiger partial charge < -0.3 is 9.32 Å². The Bertz CT molecular complexity index is 3650. The van der Waals surface area contributed by atoms with Crippen LogP contribution in [0.5, 0.6) is 0 Å². The van der Waals surface area contributed by atoms with Gasteiger partial charge in [-0.15, -0.1) is 0 Å². The normalized spacial score (nSPS) is 11.5. The fourth-order valence-electron chi connectivity index (χ4n) is 9.35. The summed E-state index contributed by atoms with van der Waals surface area (Å²) in [4.78, 5) is 2.40. The van der Waals surface area contributed by atoms with Gasteiger partial charge in [-0.25, -0.2) is 0 Å². The van der Waals surface area contributed by atoms with E-state index < -0.39 is 0 Å². The Morgan fingerprint density at radius 3 is 1.73 bits per heavy atom. The van der Waals surface area contributed by atoms with E-state index in [0.717, 1.165) is 61.1 Å². The minimum absolute atomic E-state index is 0.887. The van der Waals surface area contributed by atoms with Crippen LogP contribution in [-0.4, -0.2) is 0 Å². The second-order valence-corrected chi connectivity index (χ2v) is 16.1. The summed E-state index contributed by atoms with van der Waals surface area (Å²) >= 11 is 0. The summed E-state index contributed by atoms with van der Waals surface area (Å²) in [6.45, 7) is 0. The monoisotopic (exact) mass is 789 g/mol. The number of anilines is 3. The number of nitrogens with zero attached hydrogens (tertiary/aromatic N) is 1. The van der Waals surface area contributed by atoms with Crippen molar-refractivity contribution < 1.29 is 4.42 Å². The first kappa shape index (κ1) is 35.7. The molecule has 1 heterocycles. The van der Waals surface area contributed by atoms with Crippen LogP contribution in [0.4, 0.5) is 17.1 Å². The van der Waals surface area contributed by atoms with E-state index in [1.54, 1.807) is 0 Å². The zero-order valence-electron chi connectivity index (χ0n) is 33.9. The minimum atomic E-state index is 0.887. The van der Waals surface area contributed by atoms with Gasteiger partial charge in [0.1, 0.15) is 11.2 Å². The SMILES string of the molecule is c1cc(-c2ccc(N(c3cccc(-c4ccc5ccccc5c4)c3)c3ccccc3-c3ccc4oc5c6ccccc6ccc5c4c3)cc2)cc(-c2cccc3ccccc23)c1. The summed E-state index contributed by atoms with van der Waals surface area (Å²) in [5.74, 6) is 0. The molecule has 290 valence electrons. The van der Waals surface area contributed by atoms with Gasteiger partial charge in [0.05, 0.1) is 5.69 Å². The minimum Gasteiger partial charge on any atom is -0.455 e. The molecule has 2 nitrogen and oxygen atoms in total. The van der Waals surface area contributed by atoms with E-state index in [0.29, 0.717) is 0 Å². The van der Waals surface area contributed by atoms with Crippen molar-refractivity contribution >= 4 is 71.3 Å². The van der Waals surface area contributed by atoms with Crippen LogP contribution in [0.25, 0.3) is 98.8 Å². The Morgan fingerprint density at radius 1 is 0.274 bits per heavy atom. The van der Waals surface area contributed by atoms with Gasteiger partial charge in [-0.3, -0.25) is 0 Å². The molecule has 0 aliphatic heterocycles. The Morgan fingerprint density at radius 2 is 0.855 bits per heavy atom. The maximum Gasteiger partial charge on any atom is 0.143 e. The Labute approximate surface area is 360 Å². The Balaban J connectivity index is 0.990. The summed E-state index contributed by atoms with van der Waals surface area (Å²) in [6, 6.07) is 85.6. The molecule has 1 aromatic heterocycles. The predicted molar refractivity (Wildman–Crippen MR) is 263 cm³/mol. The van der Waals surface area contributed by atoms with Crippen LogP contribution in [-0.2, 0) is 0 Å². The van der Waals surface area contributed by atoms with Gasteiger partial charge in [0, 0.05) is 33.1 Å². The highest BCUT2D eigenvalue weighted by atomic mass is 16.3. The molecule has 0 saturated heterocycles. The molecule has 0 unspecified atom stereocenters. The summed E-state index contributed by atoms with van der Waals surface area (Å²) in [5, 5.41) is 9.51. The average Bonchev–Trinajstić information content (AvgIpc) is 3.73. The standard InChI is InChI=1S/C60H39NO/c1-2-15-44-36-47(27-26-40(44)12-1)46-18-10-20-51(38-46)61(50-32-28-41(29-33-50)45-17-9-19-48(37-45)53-24-11-16-42-13-3-5-21-52(42)53)58-25-8-7-22-54(58)49-31-35-59-57(39-49)56-34-30-43-14-4-6-23-55(43)60(56)62-59/h1-39H. The molecule has 0 radical (unpaired) electrons. The van der Waals surface area contributed by atoms with E-state index in [1.807, 2.05) is 0 Å². The van der Waals surface area contributed by atoms with Crippen molar-refractivity contribution in [3.63, 3.8) is 0 Å². The van der Waals surface area contributed by atoms with Crippen molar-refractivity contribution in [3.05, 3.63) is 237 Å². The van der Waals surface area contributed by atoms with E-state index in [1.165, 1.54) is 54.7 Å². The highest BCUT2D eigenvalue weighted by Crippen LogP contribution is 2.44. The van der Waals surface area contributed by atoms with Crippen molar-refractivity contribution in [1.29, 1.82) is 0 Å². The van der Waals surface area contributed by atoms with E-state index in [2.05, 4.69) is 241 Å². The van der Waals surface area contributed by atoms with Crippen LogP contribution in [0, 0.1) is 0 Å². The number of hydrogen-bond acceptors (Lipinski definition) is 2. The lowest BCUT2D eigenvalue weighted by molar-refractivity contribution is 0.672. The van der Waals surface area contributed by atoms with Crippen LogP contribution in [0.1, 0.15) is 0 Å². The van der Waals surface area contributed by atoms with E-state index in [4.69, 9.17) is 4.42 Å². The molecule has 11 aromatic carbocycles. The van der Waals surface area contributed by atoms with Gasteiger partial charge in [-0.1, -0.05) is 176 Å². The summed E-state index contributed by atoms with van der Waals surface area (Å²) in [7, 11) is 0. The van der Waals surface area contributed by atoms with Crippen molar-refractivity contribution in [1.82, 2.24) is 0 Å². The first-order chi connectivity index (χ1) is 30.7. The molecule has 2 heteroatoms. The largest absolute Gasteiger partial charge is 0.455 e. The fourth-order valence-corrected chi connectivity index (χ4v) is 9.35. The molecule has 0 fully saturated rings. The third-order valence-corrected chi connectivity index (χ3v) is 12.4. The van der Waals surface area contributed by atoms with Gasteiger partial charge in [-0.05, 0) is 127 Å². The van der Waals surface area contributed by atoms with Crippen molar-refractivity contribution in [3.8, 4) is 44.5 Å². The molecule has 0 N–H and O–H groups in total. The average molecular weight is 790 g/mol. The predicted octanol–water partition coefficient (Wildman–Crippen LogP) is 17.2. The molecular weight excluding hydrogens is 751 g/mol. The molecule has 62 heavy (non-hydrogen) atoms. The van der Waals surface area contributed by atoms with E-state index >= 15 is 0 Å². The molecule has 0 atom stereocenters. The summed E-state index contributed by atoms with van der Waals surface area (Å²) in [5.41, 5.74) is 14.5. The second kappa shape index (κ2) is 14.8. The van der Waals surface area contributed by atoms with Crippen LogP contribution < -0.4 is 4.90 Å². The van der Waals surface area contributed by atoms with Gasteiger partial charge in [0.2, 0.25) is 0 Å². The molecule has 0 spiro atoms. The molecule has 0 saturated carbocycles. The molecule has 12 aromatic rings. The first-order valence-electron chi connectivity index (χ1n) is 21.2. The molecule has 0 bridgehead atoms. The van der Waals surface area contributed by atoms with Crippen molar-refractivity contribution in [2.45, 2.75) is 0 Å². The Kier molecular flexibility index (Phi) is 8.53.